The first-order valence-electron chi connectivity index (χ1n) is 5.61. The Morgan fingerprint density at radius 1 is 1.50 bits per heavy atom. The second-order valence-electron chi connectivity index (χ2n) is 4.08. The zero-order valence-corrected chi connectivity index (χ0v) is 11.1. The van der Waals surface area contributed by atoms with Crippen LogP contribution in [0.25, 0.3) is 0 Å². The second kappa shape index (κ2) is 5.48. The first-order chi connectivity index (χ1) is 8.58. The van der Waals surface area contributed by atoms with Crippen molar-refractivity contribution in [3.8, 4) is 0 Å². The molecule has 1 atom stereocenters. The zero-order chi connectivity index (χ0) is 13.1. The van der Waals surface area contributed by atoms with Crippen LogP contribution in [-0.2, 0) is 4.79 Å². The van der Waals surface area contributed by atoms with Crippen LogP contribution < -0.4 is 10.6 Å². The minimum absolute atomic E-state index is 0.173. The van der Waals surface area contributed by atoms with Gasteiger partial charge in [0, 0.05) is 11.0 Å². The lowest BCUT2D eigenvalue weighted by atomic mass is 10.1. The average Bonchev–Trinajstić information content (AvgIpc) is 2.32. The SMILES string of the molecule is O=C(NC1CCCNC1=O)c1ccc(F)cc1Br. The summed E-state index contributed by atoms with van der Waals surface area (Å²) in [5, 5.41) is 5.33. The molecule has 1 saturated heterocycles. The van der Waals surface area contributed by atoms with E-state index >= 15 is 0 Å². The van der Waals surface area contributed by atoms with E-state index in [1.807, 2.05) is 0 Å². The van der Waals surface area contributed by atoms with Crippen molar-refractivity contribution < 1.29 is 14.0 Å². The highest BCUT2D eigenvalue weighted by Crippen LogP contribution is 2.18. The fourth-order valence-corrected chi connectivity index (χ4v) is 2.35. The van der Waals surface area contributed by atoms with Crippen molar-refractivity contribution in [2.75, 3.05) is 6.54 Å². The van der Waals surface area contributed by atoms with Crippen molar-refractivity contribution in [2.45, 2.75) is 18.9 Å². The Labute approximate surface area is 112 Å². The second-order valence-corrected chi connectivity index (χ2v) is 4.94. The molecule has 0 bridgehead atoms. The third-order valence-corrected chi connectivity index (χ3v) is 3.42. The van der Waals surface area contributed by atoms with E-state index in [1.54, 1.807) is 0 Å². The summed E-state index contributed by atoms with van der Waals surface area (Å²) in [5.74, 6) is -0.981. The van der Waals surface area contributed by atoms with Gasteiger partial charge in [0.25, 0.3) is 5.91 Å². The highest BCUT2D eigenvalue weighted by Gasteiger charge is 2.24. The third-order valence-electron chi connectivity index (χ3n) is 2.77. The summed E-state index contributed by atoms with van der Waals surface area (Å²) >= 11 is 3.13. The molecule has 1 aliphatic rings. The Bertz CT molecular complexity index is 493. The number of halogens is 2. The topological polar surface area (TPSA) is 58.2 Å². The number of hydrogen-bond acceptors (Lipinski definition) is 2. The first kappa shape index (κ1) is 13.0. The van der Waals surface area contributed by atoms with Gasteiger partial charge in [-0.1, -0.05) is 0 Å². The molecule has 1 unspecified atom stereocenters. The number of carbonyl (C=O) groups excluding carboxylic acids is 2. The predicted molar refractivity (Wildman–Crippen MR) is 67.6 cm³/mol. The van der Waals surface area contributed by atoms with Crippen molar-refractivity contribution >= 4 is 27.7 Å². The van der Waals surface area contributed by atoms with Gasteiger partial charge >= 0.3 is 0 Å². The lowest BCUT2D eigenvalue weighted by Gasteiger charge is -2.22. The number of carbonyl (C=O) groups is 2. The summed E-state index contributed by atoms with van der Waals surface area (Å²) in [6.45, 7) is 0.644. The fourth-order valence-electron chi connectivity index (χ4n) is 1.82. The van der Waals surface area contributed by atoms with Crippen molar-refractivity contribution in [3.05, 3.63) is 34.1 Å². The van der Waals surface area contributed by atoms with Crippen LogP contribution in [0.15, 0.2) is 22.7 Å². The Morgan fingerprint density at radius 3 is 2.94 bits per heavy atom. The molecule has 2 rings (SSSR count). The van der Waals surface area contributed by atoms with E-state index < -0.39 is 11.9 Å². The predicted octanol–water partition coefficient (Wildman–Crippen LogP) is 1.60. The number of amides is 2. The molecule has 0 radical (unpaired) electrons. The van der Waals surface area contributed by atoms with Crippen molar-refractivity contribution in [1.82, 2.24) is 10.6 Å². The van der Waals surface area contributed by atoms with E-state index in [9.17, 15) is 14.0 Å². The maximum absolute atomic E-state index is 12.9. The molecule has 1 aliphatic heterocycles. The largest absolute Gasteiger partial charge is 0.354 e. The molecule has 2 N–H and O–H groups in total. The fraction of sp³-hybridized carbons (Fsp3) is 0.333. The molecule has 0 saturated carbocycles. The molecule has 2 amide bonds. The van der Waals surface area contributed by atoms with E-state index in [-0.39, 0.29) is 11.8 Å². The van der Waals surface area contributed by atoms with Crippen LogP contribution in [0.5, 0.6) is 0 Å². The Hall–Kier alpha value is -1.43. The van der Waals surface area contributed by atoms with Crippen LogP contribution in [0.4, 0.5) is 4.39 Å². The molecule has 6 heteroatoms. The van der Waals surface area contributed by atoms with Gasteiger partial charge in [-0.2, -0.15) is 0 Å². The molecule has 1 aromatic carbocycles. The highest BCUT2D eigenvalue weighted by atomic mass is 79.9. The van der Waals surface area contributed by atoms with Gasteiger partial charge in [-0.05, 0) is 47.0 Å². The van der Waals surface area contributed by atoms with Gasteiger partial charge in [-0.15, -0.1) is 0 Å². The van der Waals surface area contributed by atoms with Crippen LogP contribution >= 0.6 is 15.9 Å². The summed E-state index contributed by atoms with van der Waals surface area (Å²) in [5.41, 5.74) is 0.315. The zero-order valence-electron chi connectivity index (χ0n) is 9.50. The van der Waals surface area contributed by atoms with Crippen molar-refractivity contribution in [1.29, 1.82) is 0 Å². The van der Waals surface area contributed by atoms with Gasteiger partial charge in [0.2, 0.25) is 5.91 Å². The molecule has 1 fully saturated rings. The highest BCUT2D eigenvalue weighted by molar-refractivity contribution is 9.10. The molecule has 96 valence electrons. The molecule has 1 heterocycles. The maximum atomic E-state index is 12.9. The molecule has 4 nitrogen and oxygen atoms in total. The molecular formula is C12H12BrFN2O2. The third kappa shape index (κ3) is 2.87. The summed E-state index contributed by atoms with van der Waals surface area (Å²) in [7, 11) is 0. The number of benzene rings is 1. The van der Waals surface area contributed by atoms with Crippen LogP contribution in [-0.4, -0.2) is 24.4 Å². The molecule has 0 aromatic heterocycles. The minimum atomic E-state index is -0.511. The monoisotopic (exact) mass is 314 g/mol. The van der Waals surface area contributed by atoms with Crippen LogP contribution in [0.3, 0.4) is 0 Å². The van der Waals surface area contributed by atoms with Crippen LogP contribution in [0, 0.1) is 5.82 Å². The Balaban J connectivity index is 2.09. The van der Waals surface area contributed by atoms with Crippen LogP contribution in [0.2, 0.25) is 0 Å². The number of nitrogens with one attached hydrogen (secondary N) is 2. The number of rotatable bonds is 2. The number of hydrogen-bond donors (Lipinski definition) is 2. The van der Waals surface area contributed by atoms with Crippen molar-refractivity contribution in [2.24, 2.45) is 0 Å². The Kier molecular flexibility index (Phi) is 3.96. The lowest BCUT2D eigenvalue weighted by molar-refractivity contribution is -0.124. The van der Waals surface area contributed by atoms with Gasteiger partial charge in [0.1, 0.15) is 11.9 Å². The maximum Gasteiger partial charge on any atom is 0.253 e. The Morgan fingerprint density at radius 2 is 2.28 bits per heavy atom. The standard InChI is InChI=1S/C12H12BrFN2O2/c13-9-6-7(14)3-4-8(9)11(17)16-10-2-1-5-15-12(10)18/h3-4,6,10H,1-2,5H2,(H,15,18)(H,16,17). The lowest BCUT2D eigenvalue weighted by Crippen LogP contribution is -2.50. The molecule has 0 aliphatic carbocycles. The van der Waals surface area contributed by atoms with E-state index in [2.05, 4.69) is 26.6 Å². The van der Waals surface area contributed by atoms with E-state index in [0.717, 1.165) is 6.42 Å². The van der Waals surface area contributed by atoms with Gasteiger partial charge in [-0.3, -0.25) is 9.59 Å². The van der Waals surface area contributed by atoms with Crippen molar-refractivity contribution in [3.63, 3.8) is 0 Å². The normalized spacial score (nSPS) is 19.2. The first-order valence-corrected chi connectivity index (χ1v) is 6.41. The quantitative estimate of drug-likeness (QED) is 0.871. The number of piperidine rings is 1. The molecule has 0 spiro atoms. The van der Waals surface area contributed by atoms with Gasteiger partial charge in [0.15, 0.2) is 0 Å². The smallest absolute Gasteiger partial charge is 0.253 e. The van der Waals surface area contributed by atoms with Gasteiger partial charge in [0.05, 0.1) is 5.56 Å². The van der Waals surface area contributed by atoms with Crippen LogP contribution in [0.1, 0.15) is 23.2 Å². The van der Waals surface area contributed by atoms with Gasteiger partial charge in [-0.25, -0.2) is 4.39 Å². The van der Waals surface area contributed by atoms with E-state index in [1.165, 1.54) is 18.2 Å². The molecular weight excluding hydrogens is 303 g/mol. The molecule has 1 aromatic rings. The van der Waals surface area contributed by atoms with E-state index in [4.69, 9.17) is 0 Å². The summed E-state index contributed by atoms with van der Waals surface area (Å²) in [4.78, 5) is 23.4. The summed E-state index contributed by atoms with van der Waals surface area (Å²) in [6.07, 6.45) is 1.46. The molecule has 18 heavy (non-hydrogen) atoms. The van der Waals surface area contributed by atoms with Gasteiger partial charge < -0.3 is 10.6 Å². The van der Waals surface area contributed by atoms with E-state index in [0.29, 0.717) is 23.0 Å². The summed E-state index contributed by atoms with van der Waals surface area (Å²) < 4.78 is 13.3. The average molecular weight is 315 g/mol. The minimum Gasteiger partial charge on any atom is -0.354 e. The summed E-state index contributed by atoms with van der Waals surface area (Å²) in [6, 6.07) is 3.30.